The standard InChI is InChI=1S/C20H23N9O/c1-12-6-17-22-11-23-28(17)10-15(12)24-19-21-7-16-18(25-19)29(20(30)26(16)2)27-8-13-4-3-5-14(13)9-27/h6-7,10-11,13-14H,3-5,8-9H2,1-2H3,(H,21,24,25). The van der Waals surface area contributed by atoms with Crippen LogP contribution in [0.1, 0.15) is 24.8 Å². The first-order valence-corrected chi connectivity index (χ1v) is 10.4. The molecule has 0 bridgehead atoms. The number of aryl methyl sites for hydroxylation is 2. The lowest BCUT2D eigenvalue weighted by molar-refractivity contribution is 0.494. The molecular formula is C20H23N9O. The van der Waals surface area contributed by atoms with Gasteiger partial charge in [-0.15, -0.1) is 0 Å². The molecule has 2 unspecified atom stereocenters. The van der Waals surface area contributed by atoms with Gasteiger partial charge in [0, 0.05) is 20.1 Å². The SMILES string of the molecule is Cc1cc2ncnn2cc1Nc1ncc2c(n1)n(N1CC3CCCC3C1)c(=O)n2C. The Morgan fingerprint density at radius 1 is 1.17 bits per heavy atom. The Morgan fingerprint density at radius 2 is 1.97 bits per heavy atom. The molecule has 4 aromatic rings. The summed E-state index contributed by atoms with van der Waals surface area (Å²) in [5, 5.41) is 9.64. The molecule has 0 amide bonds. The number of nitrogens with one attached hydrogen (secondary N) is 1. The van der Waals surface area contributed by atoms with Crippen molar-refractivity contribution in [3.05, 3.63) is 40.8 Å². The van der Waals surface area contributed by atoms with Gasteiger partial charge in [0.2, 0.25) is 5.95 Å². The van der Waals surface area contributed by atoms with Gasteiger partial charge in [0.25, 0.3) is 0 Å². The molecule has 10 heteroatoms. The summed E-state index contributed by atoms with van der Waals surface area (Å²) in [4.78, 5) is 26.4. The molecule has 2 fully saturated rings. The quantitative estimate of drug-likeness (QED) is 0.553. The summed E-state index contributed by atoms with van der Waals surface area (Å²) in [5.74, 6) is 1.82. The van der Waals surface area contributed by atoms with Crippen LogP contribution in [-0.4, -0.2) is 46.9 Å². The number of aromatic nitrogens is 7. The first-order chi connectivity index (χ1) is 14.6. The number of rotatable bonds is 3. The first kappa shape index (κ1) is 17.4. The van der Waals surface area contributed by atoms with Gasteiger partial charge in [0.05, 0.1) is 18.1 Å². The van der Waals surface area contributed by atoms with Gasteiger partial charge in [-0.25, -0.2) is 19.3 Å². The Balaban J connectivity index is 1.41. The number of pyridine rings is 1. The van der Waals surface area contributed by atoms with Gasteiger partial charge in [0.1, 0.15) is 11.8 Å². The van der Waals surface area contributed by atoms with Crippen LogP contribution in [0, 0.1) is 18.8 Å². The molecular weight excluding hydrogens is 382 g/mol. The van der Waals surface area contributed by atoms with Crippen LogP contribution in [0.2, 0.25) is 0 Å². The van der Waals surface area contributed by atoms with Crippen molar-refractivity contribution in [2.45, 2.75) is 26.2 Å². The number of anilines is 2. The lowest BCUT2D eigenvalue weighted by atomic mass is 10.0. The van der Waals surface area contributed by atoms with Crippen molar-refractivity contribution in [1.82, 2.24) is 33.8 Å². The molecule has 1 aliphatic heterocycles. The van der Waals surface area contributed by atoms with Crippen LogP contribution in [0.15, 0.2) is 29.6 Å². The molecule has 2 atom stereocenters. The molecule has 0 radical (unpaired) electrons. The Hall–Kier alpha value is -3.43. The van der Waals surface area contributed by atoms with Gasteiger partial charge in [-0.2, -0.15) is 14.8 Å². The van der Waals surface area contributed by atoms with Gasteiger partial charge in [-0.05, 0) is 43.2 Å². The number of fused-ring (bicyclic) bond motifs is 3. The van der Waals surface area contributed by atoms with Crippen LogP contribution < -0.4 is 16.0 Å². The summed E-state index contributed by atoms with van der Waals surface area (Å²) < 4.78 is 5.07. The van der Waals surface area contributed by atoms with E-state index in [1.165, 1.54) is 25.6 Å². The zero-order chi connectivity index (χ0) is 20.4. The van der Waals surface area contributed by atoms with Gasteiger partial charge >= 0.3 is 5.69 Å². The largest absolute Gasteiger partial charge is 0.349 e. The number of nitrogens with zero attached hydrogens (tertiary/aromatic N) is 8. The third-order valence-corrected chi connectivity index (χ3v) is 6.64. The van der Waals surface area contributed by atoms with E-state index < -0.39 is 0 Å². The molecule has 1 saturated carbocycles. The van der Waals surface area contributed by atoms with E-state index in [1.54, 1.807) is 27.0 Å². The van der Waals surface area contributed by atoms with E-state index in [0.29, 0.717) is 23.4 Å². The smallest absolute Gasteiger partial charge is 0.323 e. The fraction of sp³-hybridized carbons (Fsp3) is 0.450. The third-order valence-electron chi connectivity index (χ3n) is 6.64. The Morgan fingerprint density at radius 3 is 2.77 bits per heavy atom. The normalized spacial score (nSPS) is 21.1. The number of hydrogen-bond donors (Lipinski definition) is 1. The molecule has 4 aromatic heterocycles. The minimum Gasteiger partial charge on any atom is -0.323 e. The predicted octanol–water partition coefficient (Wildman–Crippen LogP) is 1.59. The molecule has 6 rings (SSSR count). The van der Waals surface area contributed by atoms with Crippen LogP contribution in [0.5, 0.6) is 0 Å². The monoisotopic (exact) mass is 405 g/mol. The van der Waals surface area contributed by atoms with Crippen molar-refractivity contribution in [3.63, 3.8) is 0 Å². The van der Waals surface area contributed by atoms with Gasteiger partial charge < -0.3 is 10.3 Å². The average Bonchev–Trinajstić information content (AvgIpc) is 3.47. The highest BCUT2D eigenvalue weighted by molar-refractivity contribution is 5.73. The van der Waals surface area contributed by atoms with E-state index in [-0.39, 0.29) is 5.69 Å². The maximum atomic E-state index is 13.0. The maximum Gasteiger partial charge on any atom is 0.349 e. The van der Waals surface area contributed by atoms with Crippen molar-refractivity contribution in [2.75, 3.05) is 23.4 Å². The molecule has 5 heterocycles. The summed E-state index contributed by atoms with van der Waals surface area (Å²) in [6, 6.07) is 1.95. The molecule has 1 N–H and O–H groups in total. The van der Waals surface area contributed by atoms with Crippen molar-refractivity contribution < 1.29 is 0 Å². The highest BCUT2D eigenvalue weighted by Gasteiger charge is 2.37. The molecule has 30 heavy (non-hydrogen) atoms. The summed E-state index contributed by atoms with van der Waals surface area (Å²) in [7, 11) is 1.78. The minimum absolute atomic E-state index is 0.0726. The summed E-state index contributed by atoms with van der Waals surface area (Å²) >= 11 is 0. The molecule has 1 saturated heterocycles. The van der Waals surface area contributed by atoms with Crippen molar-refractivity contribution in [3.8, 4) is 0 Å². The highest BCUT2D eigenvalue weighted by Crippen LogP contribution is 2.37. The Labute approximate surface area is 172 Å². The van der Waals surface area contributed by atoms with Crippen LogP contribution >= 0.6 is 0 Å². The molecule has 1 aliphatic carbocycles. The second-order valence-electron chi connectivity index (χ2n) is 8.44. The van der Waals surface area contributed by atoms with Gasteiger partial charge in [-0.3, -0.25) is 4.57 Å². The first-order valence-electron chi connectivity index (χ1n) is 10.4. The zero-order valence-electron chi connectivity index (χ0n) is 17.0. The van der Waals surface area contributed by atoms with E-state index >= 15 is 0 Å². The average molecular weight is 405 g/mol. The zero-order valence-corrected chi connectivity index (χ0v) is 17.0. The van der Waals surface area contributed by atoms with Gasteiger partial charge in [0.15, 0.2) is 11.3 Å². The summed E-state index contributed by atoms with van der Waals surface area (Å²) in [6.45, 7) is 3.83. The Bertz CT molecular complexity index is 1320. The fourth-order valence-electron chi connectivity index (χ4n) is 4.99. The van der Waals surface area contributed by atoms with Crippen LogP contribution in [0.4, 0.5) is 11.6 Å². The molecule has 0 spiro atoms. The van der Waals surface area contributed by atoms with E-state index in [9.17, 15) is 4.79 Å². The molecule has 0 aromatic carbocycles. The molecule has 10 nitrogen and oxygen atoms in total. The Kier molecular flexibility index (Phi) is 3.65. The van der Waals surface area contributed by atoms with E-state index in [0.717, 1.165) is 35.5 Å². The number of imidazole rings is 1. The number of hydrogen-bond acceptors (Lipinski definition) is 7. The summed E-state index contributed by atoms with van der Waals surface area (Å²) in [6.07, 6.45) is 8.92. The van der Waals surface area contributed by atoms with E-state index in [4.69, 9.17) is 4.98 Å². The molecule has 2 aliphatic rings. The predicted molar refractivity (Wildman–Crippen MR) is 113 cm³/mol. The second kappa shape index (κ2) is 6.28. The second-order valence-corrected chi connectivity index (χ2v) is 8.44. The highest BCUT2D eigenvalue weighted by atomic mass is 16.2. The van der Waals surface area contributed by atoms with Crippen molar-refractivity contribution in [2.24, 2.45) is 18.9 Å². The lowest BCUT2D eigenvalue weighted by Crippen LogP contribution is -2.41. The van der Waals surface area contributed by atoms with Crippen molar-refractivity contribution in [1.29, 1.82) is 0 Å². The summed E-state index contributed by atoms with van der Waals surface area (Å²) in [5.41, 5.74) is 3.93. The van der Waals surface area contributed by atoms with E-state index in [2.05, 4.69) is 25.4 Å². The maximum absolute atomic E-state index is 13.0. The topological polar surface area (TPSA) is 98.2 Å². The van der Waals surface area contributed by atoms with Crippen molar-refractivity contribution >= 4 is 28.4 Å². The van der Waals surface area contributed by atoms with Crippen LogP contribution in [0.3, 0.4) is 0 Å². The molecule has 154 valence electrons. The minimum atomic E-state index is -0.0726. The lowest BCUT2D eigenvalue weighted by Gasteiger charge is -2.20. The van der Waals surface area contributed by atoms with Gasteiger partial charge in [-0.1, -0.05) is 6.42 Å². The van der Waals surface area contributed by atoms with E-state index in [1.807, 2.05) is 19.2 Å². The fourth-order valence-corrected chi connectivity index (χ4v) is 4.99. The van der Waals surface area contributed by atoms with Crippen LogP contribution in [-0.2, 0) is 7.05 Å². The third kappa shape index (κ3) is 2.52. The van der Waals surface area contributed by atoms with Crippen LogP contribution in [0.25, 0.3) is 16.8 Å².